The standard InChI is InChI=1S/C25H26ClF3O6.C2H6/c1-4-24(3,23(30)31)35-17-8-6-16(7-9-17)32-10-5-11-33-22-14-21-18(13-20(22)26)19(25(27,28)29)12-15(2)34-21;1-2/h6-9,12-15H,4-5,10-11H2,1-3H3,(H,30,31);1-2H3/t15?,24-;/m0./s1. The van der Waals surface area contributed by atoms with Crippen molar-refractivity contribution in [1.29, 1.82) is 0 Å². The Hall–Kier alpha value is -3.07. The van der Waals surface area contributed by atoms with Gasteiger partial charge in [0.2, 0.25) is 5.60 Å². The van der Waals surface area contributed by atoms with Crippen LogP contribution in [0.2, 0.25) is 5.02 Å². The van der Waals surface area contributed by atoms with Gasteiger partial charge in [-0.05, 0) is 56.7 Å². The van der Waals surface area contributed by atoms with Crippen molar-refractivity contribution in [2.45, 2.75) is 65.3 Å². The maximum absolute atomic E-state index is 13.4. The van der Waals surface area contributed by atoms with E-state index in [4.69, 9.17) is 30.5 Å². The third-order valence-corrected chi connectivity index (χ3v) is 5.75. The average Bonchev–Trinajstić information content (AvgIpc) is 2.85. The average molecular weight is 545 g/mol. The van der Waals surface area contributed by atoms with E-state index in [0.29, 0.717) is 30.9 Å². The van der Waals surface area contributed by atoms with E-state index in [0.717, 1.165) is 6.08 Å². The van der Waals surface area contributed by atoms with Crippen LogP contribution in [0.25, 0.3) is 5.57 Å². The fourth-order valence-corrected chi connectivity index (χ4v) is 3.54. The van der Waals surface area contributed by atoms with E-state index >= 15 is 0 Å². The molecule has 1 aliphatic rings. The van der Waals surface area contributed by atoms with E-state index in [1.165, 1.54) is 26.0 Å². The minimum absolute atomic E-state index is 0.0500. The molecule has 0 aromatic heterocycles. The Morgan fingerprint density at radius 2 is 1.68 bits per heavy atom. The normalized spacial score (nSPS) is 16.1. The fraction of sp³-hybridized carbons (Fsp3) is 0.444. The highest BCUT2D eigenvalue weighted by molar-refractivity contribution is 6.32. The fourth-order valence-electron chi connectivity index (χ4n) is 3.32. The number of carbonyl (C=O) groups is 1. The number of carboxylic acid groups (broad SMARTS) is 1. The SMILES string of the molecule is CC.CC[C@](C)(Oc1ccc(OCCCOc2cc3c(cc2Cl)C(C(F)(F)F)=CC(C)O3)cc1)C(=O)O. The second-order valence-corrected chi connectivity index (χ2v) is 8.60. The number of alkyl halides is 3. The summed E-state index contributed by atoms with van der Waals surface area (Å²) in [7, 11) is 0. The van der Waals surface area contributed by atoms with Gasteiger partial charge in [0, 0.05) is 18.1 Å². The molecule has 2 aromatic carbocycles. The lowest BCUT2D eigenvalue weighted by Gasteiger charge is -2.25. The zero-order valence-electron chi connectivity index (χ0n) is 21.4. The third-order valence-electron chi connectivity index (χ3n) is 5.45. The van der Waals surface area contributed by atoms with Crippen LogP contribution in [0.5, 0.6) is 23.0 Å². The molecule has 0 aliphatic carbocycles. The maximum Gasteiger partial charge on any atom is 0.416 e. The Labute approximate surface area is 219 Å². The molecular formula is C27H32ClF3O6. The van der Waals surface area contributed by atoms with Crippen molar-refractivity contribution in [1.82, 2.24) is 0 Å². The van der Waals surface area contributed by atoms with Crippen molar-refractivity contribution >= 4 is 23.1 Å². The molecule has 2 aromatic rings. The molecule has 0 amide bonds. The van der Waals surface area contributed by atoms with Gasteiger partial charge in [0.1, 0.15) is 29.1 Å². The number of benzene rings is 2. The molecule has 0 saturated carbocycles. The summed E-state index contributed by atoms with van der Waals surface area (Å²) in [5.41, 5.74) is -2.22. The highest BCUT2D eigenvalue weighted by Gasteiger charge is 2.39. The van der Waals surface area contributed by atoms with Crippen LogP contribution in [0, 0.1) is 0 Å². The van der Waals surface area contributed by atoms with Gasteiger partial charge >= 0.3 is 12.1 Å². The molecule has 37 heavy (non-hydrogen) atoms. The number of hydrogen-bond donors (Lipinski definition) is 1. The van der Waals surface area contributed by atoms with Crippen molar-refractivity contribution in [2.75, 3.05) is 13.2 Å². The third kappa shape index (κ3) is 7.95. The van der Waals surface area contributed by atoms with Crippen molar-refractivity contribution in [3.05, 3.63) is 53.1 Å². The number of allylic oxidation sites excluding steroid dienone is 1. The minimum atomic E-state index is -4.52. The van der Waals surface area contributed by atoms with Gasteiger partial charge in [-0.15, -0.1) is 0 Å². The summed E-state index contributed by atoms with van der Waals surface area (Å²) in [6, 6.07) is 9.15. The largest absolute Gasteiger partial charge is 0.493 e. The molecule has 1 N–H and O–H groups in total. The summed E-state index contributed by atoms with van der Waals surface area (Å²) < 4.78 is 62.4. The summed E-state index contributed by atoms with van der Waals surface area (Å²) in [6.45, 7) is 9.28. The van der Waals surface area contributed by atoms with Gasteiger partial charge in [-0.2, -0.15) is 13.2 Å². The summed E-state index contributed by atoms with van der Waals surface area (Å²) in [6.07, 6.45) is -3.46. The lowest BCUT2D eigenvalue weighted by atomic mass is 10.00. The van der Waals surface area contributed by atoms with E-state index in [9.17, 15) is 23.1 Å². The van der Waals surface area contributed by atoms with Crippen LogP contribution in [0.4, 0.5) is 13.2 Å². The summed E-state index contributed by atoms with van der Waals surface area (Å²) in [4.78, 5) is 11.4. The van der Waals surface area contributed by atoms with Crippen molar-refractivity contribution < 1.29 is 42.0 Å². The molecule has 10 heteroatoms. The first-order chi connectivity index (χ1) is 17.4. The van der Waals surface area contributed by atoms with Crippen molar-refractivity contribution in [2.24, 2.45) is 0 Å². The smallest absolute Gasteiger partial charge is 0.416 e. The number of hydrogen-bond acceptors (Lipinski definition) is 5. The lowest BCUT2D eigenvalue weighted by molar-refractivity contribution is -0.154. The number of halogens is 4. The molecule has 0 spiro atoms. The number of fused-ring (bicyclic) bond motifs is 1. The van der Waals surface area contributed by atoms with Crippen LogP contribution in [0.15, 0.2) is 42.5 Å². The highest BCUT2D eigenvalue weighted by Crippen LogP contribution is 2.45. The quantitative estimate of drug-likeness (QED) is 0.311. The van der Waals surface area contributed by atoms with Gasteiger partial charge < -0.3 is 24.1 Å². The van der Waals surface area contributed by atoms with Crippen LogP contribution in [0.3, 0.4) is 0 Å². The van der Waals surface area contributed by atoms with Gasteiger partial charge in [0.15, 0.2) is 0 Å². The number of rotatable bonds is 10. The molecule has 2 atom stereocenters. The van der Waals surface area contributed by atoms with Crippen LogP contribution in [-0.4, -0.2) is 42.2 Å². The summed E-state index contributed by atoms with van der Waals surface area (Å²) >= 11 is 6.16. The van der Waals surface area contributed by atoms with E-state index in [1.54, 1.807) is 31.2 Å². The van der Waals surface area contributed by atoms with Crippen LogP contribution >= 0.6 is 11.6 Å². The maximum atomic E-state index is 13.4. The molecule has 6 nitrogen and oxygen atoms in total. The Balaban J connectivity index is 0.00000235. The summed E-state index contributed by atoms with van der Waals surface area (Å²) in [5.74, 6) is 0.214. The Morgan fingerprint density at radius 1 is 1.08 bits per heavy atom. The predicted molar refractivity (Wildman–Crippen MR) is 136 cm³/mol. The molecule has 0 bridgehead atoms. The predicted octanol–water partition coefficient (Wildman–Crippen LogP) is 7.57. The zero-order valence-corrected chi connectivity index (χ0v) is 22.2. The second-order valence-electron chi connectivity index (χ2n) is 8.19. The van der Waals surface area contributed by atoms with Crippen LogP contribution < -0.4 is 18.9 Å². The number of ether oxygens (including phenoxy) is 4. The number of carboxylic acids is 1. The van der Waals surface area contributed by atoms with Crippen LogP contribution in [-0.2, 0) is 4.79 Å². The van der Waals surface area contributed by atoms with Gasteiger partial charge in [-0.25, -0.2) is 4.79 Å². The Bertz CT molecular complexity index is 1080. The van der Waals surface area contributed by atoms with Crippen LogP contribution in [0.1, 0.15) is 53.0 Å². The first-order valence-corrected chi connectivity index (χ1v) is 12.4. The Kier molecular flexibility index (Phi) is 10.5. The van der Waals surface area contributed by atoms with E-state index in [2.05, 4.69) is 0 Å². The molecular weight excluding hydrogens is 513 g/mol. The molecule has 1 aliphatic heterocycles. The first-order valence-electron chi connectivity index (χ1n) is 12.0. The molecule has 3 rings (SSSR count). The molecule has 0 radical (unpaired) electrons. The molecule has 0 fully saturated rings. The van der Waals surface area contributed by atoms with Gasteiger partial charge in [0.25, 0.3) is 0 Å². The van der Waals surface area contributed by atoms with E-state index in [-0.39, 0.29) is 28.7 Å². The Morgan fingerprint density at radius 3 is 2.24 bits per heavy atom. The molecule has 1 heterocycles. The van der Waals surface area contributed by atoms with Gasteiger partial charge in [-0.1, -0.05) is 32.4 Å². The minimum Gasteiger partial charge on any atom is -0.493 e. The monoisotopic (exact) mass is 544 g/mol. The zero-order chi connectivity index (χ0) is 27.8. The van der Waals surface area contributed by atoms with Crippen molar-refractivity contribution in [3.63, 3.8) is 0 Å². The molecule has 204 valence electrons. The highest BCUT2D eigenvalue weighted by atomic mass is 35.5. The topological polar surface area (TPSA) is 74.2 Å². The van der Waals surface area contributed by atoms with Gasteiger partial charge in [0.05, 0.1) is 23.8 Å². The van der Waals surface area contributed by atoms with Gasteiger partial charge in [-0.3, -0.25) is 0 Å². The second kappa shape index (κ2) is 12.9. The number of aliphatic carboxylic acids is 1. The van der Waals surface area contributed by atoms with Crippen molar-refractivity contribution in [3.8, 4) is 23.0 Å². The molecule has 0 saturated heterocycles. The van der Waals surface area contributed by atoms with E-state index < -0.39 is 29.4 Å². The first kappa shape index (κ1) is 30.2. The lowest BCUT2D eigenvalue weighted by Crippen LogP contribution is -2.40. The summed E-state index contributed by atoms with van der Waals surface area (Å²) in [5, 5.41) is 9.35. The molecule has 1 unspecified atom stereocenters. The van der Waals surface area contributed by atoms with E-state index in [1.807, 2.05) is 13.8 Å².